The average Bonchev–Trinajstić information content (AvgIpc) is 2.37. The lowest BCUT2D eigenvalue weighted by atomic mass is 10.2. The van der Waals surface area contributed by atoms with Crippen LogP contribution in [-0.4, -0.2) is 14.9 Å². The van der Waals surface area contributed by atoms with Gasteiger partial charge in [0, 0.05) is 22.2 Å². The van der Waals surface area contributed by atoms with Gasteiger partial charge in [0.05, 0.1) is 4.92 Å². The fourth-order valence-corrected chi connectivity index (χ4v) is 2.16. The zero-order valence-electron chi connectivity index (χ0n) is 9.81. The summed E-state index contributed by atoms with van der Waals surface area (Å²) in [4.78, 5) is 17.6. The number of nitrogens with one attached hydrogen (secondary N) is 1. The number of hydrogen-bond acceptors (Lipinski definition) is 5. The van der Waals surface area contributed by atoms with E-state index in [2.05, 4.69) is 15.3 Å². The first-order valence-electron chi connectivity index (χ1n) is 5.32. The van der Waals surface area contributed by atoms with Gasteiger partial charge in [0.15, 0.2) is 0 Å². The van der Waals surface area contributed by atoms with E-state index in [1.54, 1.807) is 18.2 Å². The number of benzene rings is 1. The lowest BCUT2D eigenvalue weighted by Crippen LogP contribution is -2.06. The number of rotatable bonds is 4. The summed E-state index contributed by atoms with van der Waals surface area (Å²) in [6.45, 7) is 0.173. The minimum Gasteiger partial charge on any atom is -0.360 e. The zero-order valence-corrected chi connectivity index (χ0v) is 12.1. The summed E-state index contributed by atoms with van der Waals surface area (Å²) in [6, 6.07) is 5.05. The van der Waals surface area contributed by atoms with Crippen molar-refractivity contribution < 1.29 is 4.92 Å². The molecule has 2 aromatic rings. The first-order valence-corrected chi connectivity index (χ1v) is 6.46. The first-order chi connectivity index (χ1) is 9.49. The van der Waals surface area contributed by atoms with Gasteiger partial charge in [0.2, 0.25) is 11.1 Å². The Hall–Kier alpha value is -1.63. The highest BCUT2D eigenvalue weighted by Gasteiger charge is 2.17. The van der Waals surface area contributed by atoms with E-state index >= 15 is 0 Å². The summed E-state index contributed by atoms with van der Waals surface area (Å²) in [5.74, 6) is 0.00554. The molecule has 1 aromatic heterocycles. The van der Waals surface area contributed by atoms with Crippen molar-refractivity contribution in [1.82, 2.24) is 9.97 Å². The molecule has 0 fully saturated rings. The van der Waals surface area contributed by atoms with Crippen LogP contribution in [0, 0.1) is 10.1 Å². The molecule has 104 valence electrons. The Labute approximate surface area is 128 Å². The maximum Gasteiger partial charge on any atom is 0.329 e. The standard InChI is InChI=1S/C11H7Cl3N4O2/c12-7-2-1-3-8(13)6(7)4-15-10-9(18(19)20)5-16-11(14)17-10/h1-3,5H,4H2,(H,15,16,17). The molecule has 0 aliphatic rings. The van der Waals surface area contributed by atoms with Crippen molar-refractivity contribution in [3.05, 3.63) is 55.4 Å². The molecule has 20 heavy (non-hydrogen) atoms. The van der Waals surface area contributed by atoms with E-state index in [1.165, 1.54) is 0 Å². The molecule has 0 atom stereocenters. The molecule has 0 aliphatic carbocycles. The summed E-state index contributed by atoms with van der Waals surface area (Å²) in [5.41, 5.74) is 0.331. The van der Waals surface area contributed by atoms with Crippen LogP contribution in [0.15, 0.2) is 24.4 Å². The van der Waals surface area contributed by atoms with Crippen LogP contribution in [0.1, 0.15) is 5.56 Å². The normalized spacial score (nSPS) is 10.3. The Morgan fingerprint density at radius 2 is 1.90 bits per heavy atom. The molecule has 6 nitrogen and oxygen atoms in total. The molecule has 1 aromatic carbocycles. The van der Waals surface area contributed by atoms with Crippen LogP contribution in [0.25, 0.3) is 0 Å². The van der Waals surface area contributed by atoms with Crippen LogP contribution in [-0.2, 0) is 6.54 Å². The van der Waals surface area contributed by atoms with Gasteiger partial charge in [-0.25, -0.2) is 4.98 Å². The van der Waals surface area contributed by atoms with E-state index in [0.29, 0.717) is 15.6 Å². The third kappa shape index (κ3) is 3.27. The van der Waals surface area contributed by atoms with Gasteiger partial charge in [-0.05, 0) is 23.7 Å². The number of nitro groups is 1. The van der Waals surface area contributed by atoms with Gasteiger partial charge in [0.25, 0.3) is 0 Å². The van der Waals surface area contributed by atoms with Crippen LogP contribution >= 0.6 is 34.8 Å². The molecule has 9 heteroatoms. The summed E-state index contributed by atoms with van der Waals surface area (Å²) < 4.78 is 0. The van der Waals surface area contributed by atoms with Crippen molar-refractivity contribution in [1.29, 1.82) is 0 Å². The van der Waals surface area contributed by atoms with Crippen molar-refractivity contribution in [2.45, 2.75) is 6.54 Å². The van der Waals surface area contributed by atoms with Gasteiger partial charge in [-0.15, -0.1) is 0 Å². The number of anilines is 1. The van der Waals surface area contributed by atoms with E-state index in [1.807, 2.05) is 0 Å². The van der Waals surface area contributed by atoms with Gasteiger partial charge in [-0.2, -0.15) is 4.98 Å². The van der Waals surface area contributed by atoms with Crippen LogP contribution in [0.3, 0.4) is 0 Å². The zero-order chi connectivity index (χ0) is 14.7. The van der Waals surface area contributed by atoms with Gasteiger partial charge in [-0.1, -0.05) is 29.3 Å². The monoisotopic (exact) mass is 332 g/mol. The molecule has 0 aliphatic heterocycles. The minimum atomic E-state index is -0.604. The topological polar surface area (TPSA) is 81.0 Å². The van der Waals surface area contributed by atoms with Gasteiger partial charge in [0.1, 0.15) is 6.20 Å². The van der Waals surface area contributed by atoms with Crippen LogP contribution in [0.5, 0.6) is 0 Å². The summed E-state index contributed by atoms with van der Waals surface area (Å²) in [7, 11) is 0. The molecular formula is C11H7Cl3N4O2. The average molecular weight is 334 g/mol. The predicted octanol–water partition coefficient (Wildman–Crippen LogP) is 3.96. The molecule has 0 radical (unpaired) electrons. The largest absolute Gasteiger partial charge is 0.360 e. The number of halogens is 3. The molecule has 0 spiro atoms. The highest BCUT2D eigenvalue weighted by atomic mass is 35.5. The predicted molar refractivity (Wildman–Crippen MR) is 77.5 cm³/mol. The Balaban J connectivity index is 2.27. The first kappa shape index (κ1) is 14.8. The molecular weight excluding hydrogens is 327 g/mol. The summed E-state index contributed by atoms with van der Waals surface area (Å²) in [6.07, 6.45) is 1.03. The molecule has 0 bridgehead atoms. The van der Waals surface area contributed by atoms with E-state index in [4.69, 9.17) is 34.8 Å². The van der Waals surface area contributed by atoms with E-state index in [9.17, 15) is 10.1 Å². The van der Waals surface area contributed by atoms with Crippen molar-refractivity contribution >= 4 is 46.3 Å². The Kier molecular flexibility index (Phi) is 4.59. The van der Waals surface area contributed by atoms with Crippen molar-refractivity contribution in [2.24, 2.45) is 0 Å². The minimum absolute atomic E-state index is 0.00554. The summed E-state index contributed by atoms with van der Waals surface area (Å²) in [5, 5.41) is 14.5. The molecule has 0 unspecified atom stereocenters. The van der Waals surface area contributed by atoms with E-state index in [0.717, 1.165) is 6.20 Å². The maximum atomic E-state index is 10.9. The van der Waals surface area contributed by atoms with Crippen molar-refractivity contribution in [3.8, 4) is 0 Å². The second kappa shape index (κ2) is 6.21. The lowest BCUT2D eigenvalue weighted by molar-refractivity contribution is -0.384. The summed E-state index contributed by atoms with van der Waals surface area (Å²) >= 11 is 17.7. The molecule has 0 saturated carbocycles. The van der Waals surface area contributed by atoms with Crippen LogP contribution in [0.4, 0.5) is 11.5 Å². The fourth-order valence-electron chi connectivity index (χ4n) is 1.49. The SMILES string of the molecule is O=[N+]([O-])c1cnc(Cl)nc1NCc1c(Cl)cccc1Cl. The highest BCUT2D eigenvalue weighted by molar-refractivity contribution is 6.36. The Bertz CT molecular complexity index is 646. The van der Waals surface area contributed by atoms with Crippen LogP contribution < -0.4 is 5.32 Å². The maximum absolute atomic E-state index is 10.9. The van der Waals surface area contributed by atoms with Crippen LogP contribution in [0.2, 0.25) is 15.3 Å². The molecule has 1 heterocycles. The highest BCUT2D eigenvalue weighted by Crippen LogP contribution is 2.27. The third-order valence-electron chi connectivity index (χ3n) is 2.43. The number of aromatic nitrogens is 2. The van der Waals surface area contributed by atoms with E-state index < -0.39 is 4.92 Å². The Morgan fingerprint density at radius 1 is 1.25 bits per heavy atom. The number of nitrogens with zero attached hydrogens (tertiary/aromatic N) is 3. The second-order valence-corrected chi connectivity index (χ2v) is 4.84. The van der Waals surface area contributed by atoms with Crippen molar-refractivity contribution in [3.63, 3.8) is 0 Å². The molecule has 0 saturated heterocycles. The van der Waals surface area contributed by atoms with Crippen molar-refractivity contribution in [2.75, 3.05) is 5.32 Å². The smallest absolute Gasteiger partial charge is 0.329 e. The van der Waals surface area contributed by atoms with E-state index in [-0.39, 0.29) is 23.3 Å². The molecule has 1 N–H and O–H groups in total. The van der Waals surface area contributed by atoms with Gasteiger partial charge >= 0.3 is 5.69 Å². The second-order valence-electron chi connectivity index (χ2n) is 3.68. The fraction of sp³-hybridized carbons (Fsp3) is 0.0909. The quantitative estimate of drug-likeness (QED) is 0.520. The van der Waals surface area contributed by atoms with Gasteiger partial charge in [-0.3, -0.25) is 10.1 Å². The molecule has 0 amide bonds. The third-order valence-corrected chi connectivity index (χ3v) is 3.32. The Morgan fingerprint density at radius 3 is 2.50 bits per heavy atom. The molecule has 2 rings (SSSR count). The lowest BCUT2D eigenvalue weighted by Gasteiger charge is -2.09. The van der Waals surface area contributed by atoms with Gasteiger partial charge < -0.3 is 5.32 Å². The number of hydrogen-bond donors (Lipinski definition) is 1.